The molecule has 1 N–H and O–H groups in total. The van der Waals surface area contributed by atoms with Crippen molar-refractivity contribution in [2.24, 2.45) is 5.10 Å². The van der Waals surface area contributed by atoms with Crippen molar-refractivity contribution in [1.29, 1.82) is 0 Å². The lowest BCUT2D eigenvalue weighted by molar-refractivity contribution is 0.0950. The first-order valence-corrected chi connectivity index (χ1v) is 10.7. The van der Waals surface area contributed by atoms with Gasteiger partial charge in [0.1, 0.15) is 12.3 Å². The molecule has 0 atom stereocenters. The fraction of sp³-hybridized carbons (Fsp3) is 0.0800. The van der Waals surface area contributed by atoms with Crippen molar-refractivity contribution in [3.05, 3.63) is 100 Å². The van der Waals surface area contributed by atoms with Crippen molar-refractivity contribution in [3.63, 3.8) is 0 Å². The number of amides is 1. The zero-order valence-corrected chi connectivity index (χ0v) is 18.9. The van der Waals surface area contributed by atoms with Gasteiger partial charge in [-0.1, -0.05) is 48.5 Å². The lowest BCUT2D eigenvalue weighted by atomic mass is 10.1. The third kappa shape index (κ3) is 4.95. The van der Waals surface area contributed by atoms with Crippen LogP contribution in [0.1, 0.15) is 21.6 Å². The van der Waals surface area contributed by atoms with Crippen LogP contribution >= 0.6 is 15.9 Å². The van der Waals surface area contributed by atoms with Gasteiger partial charge in [-0.3, -0.25) is 9.78 Å². The van der Waals surface area contributed by atoms with Crippen LogP contribution in [-0.4, -0.2) is 24.2 Å². The van der Waals surface area contributed by atoms with Gasteiger partial charge in [0.25, 0.3) is 5.91 Å². The van der Waals surface area contributed by atoms with Crippen LogP contribution in [0, 0.1) is 0 Å². The van der Waals surface area contributed by atoms with E-state index in [1.165, 1.54) is 11.6 Å². The van der Waals surface area contributed by atoms with E-state index in [0.717, 1.165) is 21.0 Å². The number of nitrogens with zero attached hydrogens (tertiary/aromatic N) is 2. The second-order valence-corrected chi connectivity index (χ2v) is 7.73. The zero-order chi connectivity index (χ0) is 22.3. The number of nitrogens with one attached hydrogen (secondary N) is 1. The molecule has 0 bridgehead atoms. The molecule has 6 nitrogen and oxygen atoms in total. The Kier molecular flexibility index (Phi) is 6.77. The molecule has 32 heavy (non-hydrogen) atoms. The van der Waals surface area contributed by atoms with Gasteiger partial charge in [-0.05, 0) is 62.1 Å². The van der Waals surface area contributed by atoms with E-state index in [1.54, 1.807) is 37.6 Å². The molecular weight excluding hydrogens is 470 g/mol. The van der Waals surface area contributed by atoms with E-state index in [9.17, 15) is 4.79 Å². The molecule has 0 aliphatic rings. The molecule has 4 rings (SSSR count). The van der Waals surface area contributed by atoms with Gasteiger partial charge >= 0.3 is 0 Å². The van der Waals surface area contributed by atoms with Gasteiger partial charge < -0.3 is 9.47 Å². The van der Waals surface area contributed by atoms with E-state index in [-0.39, 0.29) is 5.91 Å². The van der Waals surface area contributed by atoms with Crippen LogP contribution < -0.4 is 14.9 Å². The number of rotatable bonds is 7. The first kappa shape index (κ1) is 21.5. The van der Waals surface area contributed by atoms with Crippen molar-refractivity contribution in [1.82, 2.24) is 10.4 Å². The number of hydrazone groups is 1. The third-order valence-corrected chi connectivity index (χ3v) is 5.37. The van der Waals surface area contributed by atoms with Crippen LogP contribution in [0.5, 0.6) is 11.5 Å². The normalized spacial score (nSPS) is 10.9. The molecular formula is C25H20BrN3O3. The fourth-order valence-corrected chi connectivity index (χ4v) is 3.82. The first-order chi connectivity index (χ1) is 15.7. The molecule has 0 fully saturated rings. The highest BCUT2D eigenvalue weighted by Gasteiger charge is 2.12. The van der Waals surface area contributed by atoms with Crippen molar-refractivity contribution in [3.8, 4) is 11.5 Å². The van der Waals surface area contributed by atoms with Gasteiger partial charge in [-0.2, -0.15) is 5.10 Å². The summed E-state index contributed by atoms with van der Waals surface area (Å²) in [6.45, 7) is 0.393. The standard InChI is InChI=1S/C25H20BrN3O3/c1-31-23-14-17(15-28-29-25(30)22-11-4-5-12-27-22)13-21(26)24(23)32-16-19-9-6-8-18-7-2-3-10-20(18)19/h2-15H,16H2,1H3,(H,29,30)/b28-15-. The number of hydrogen-bond acceptors (Lipinski definition) is 5. The summed E-state index contributed by atoms with van der Waals surface area (Å²) in [5, 5.41) is 6.33. The van der Waals surface area contributed by atoms with Crippen molar-refractivity contribution >= 4 is 38.8 Å². The summed E-state index contributed by atoms with van der Waals surface area (Å²) in [7, 11) is 1.58. The van der Waals surface area contributed by atoms with Crippen molar-refractivity contribution in [2.45, 2.75) is 6.61 Å². The molecule has 0 saturated heterocycles. The van der Waals surface area contributed by atoms with Gasteiger partial charge in [0.15, 0.2) is 11.5 Å². The van der Waals surface area contributed by atoms with Crippen LogP contribution in [0.15, 0.2) is 88.6 Å². The Labute approximate surface area is 194 Å². The molecule has 0 aliphatic heterocycles. The van der Waals surface area contributed by atoms with E-state index in [2.05, 4.69) is 49.6 Å². The summed E-state index contributed by atoms with van der Waals surface area (Å²) < 4.78 is 12.4. The minimum atomic E-state index is -0.386. The Balaban J connectivity index is 1.49. The van der Waals surface area contributed by atoms with E-state index >= 15 is 0 Å². The first-order valence-electron chi connectivity index (χ1n) is 9.87. The number of fused-ring (bicyclic) bond motifs is 1. The number of ether oxygens (including phenoxy) is 2. The lowest BCUT2D eigenvalue weighted by Crippen LogP contribution is -2.18. The maximum Gasteiger partial charge on any atom is 0.289 e. The average molecular weight is 490 g/mol. The maximum absolute atomic E-state index is 12.1. The fourth-order valence-electron chi connectivity index (χ4n) is 3.24. The highest BCUT2D eigenvalue weighted by molar-refractivity contribution is 9.10. The second-order valence-electron chi connectivity index (χ2n) is 6.88. The van der Waals surface area contributed by atoms with Gasteiger partial charge in [0.2, 0.25) is 0 Å². The number of halogens is 1. The lowest BCUT2D eigenvalue weighted by Gasteiger charge is -2.14. The van der Waals surface area contributed by atoms with Crippen LogP contribution in [0.4, 0.5) is 0 Å². The van der Waals surface area contributed by atoms with Crippen LogP contribution in [0.2, 0.25) is 0 Å². The van der Waals surface area contributed by atoms with Gasteiger partial charge in [0, 0.05) is 6.20 Å². The minimum Gasteiger partial charge on any atom is -0.493 e. The number of carbonyl (C=O) groups is 1. The third-order valence-electron chi connectivity index (χ3n) is 4.78. The topological polar surface area (TPSA) is 72.8 Å². The SMILES string of the molecule is COc1cc(/C=N\NC(=O)c2ccccn2)cc(Br)c1OCc1cccc2ccccc12. The van der Waals surface area contributed by atoms with E-state index < -0.39 is 0 Å². The summed E-state index contributed by atoms with van der Waals surface area (Å²) in [6.07, 6.45) is 3.08. The van der Waals surface area contributed by atoms with Crippen LogP contribution in [0.3, 0.4) is 0 Å². The molecule has 0 aliphatic carbocycles. The largest absolute Gasteiger partial charge is 0.493 e. The smallest absolute Gasteiger partial charge is 0.289 e. The molecule has 4 aromatic rings. The Morgan fingerprint density at radius 1 is 1.09 bits per heavy atom. The molecule has 0 unspecified atom stereocenters. The summed E-state index contributed by atoms with van der Waals surface area (Å²) >= 11 is 3.56. The van der Waals surface area contributed by atoms with Gasteiger partial charge in [0.05, 0.1) is 17.8 Å². The Bertz CT molecular complexity index is 1270. The van der Waals surface area contributed by atoms with E-state index in [4.69, 9.17) is 9.47 Å². The number of hydrogen-bond donors (Lipinski definition) is 1. The van der Waals surface area contributed by atoms with Crippen LogP contribution in [0.25, 0.3) is 10.8 Å². The van der Waals surface area contributed by atoms with Crippen LogP contribution in [-0.2, 0) is 6.61 Å². The quantitative estimate of drug-likeness (QED) is 0.280. The highest BCUT2D eigenvalue weighted by atomic mass is 79.9. The molecule has 1 aromatic heterocycles. The van der Waals surface area contributed by atoms with Gasteiger partial charge in [-0.15, -0.1) is 0 Å². The average Bonchev–Trinajstić information content (AvgIpc) is 2.83. The second kappa shape index (κ2) is 10.1. The summed E-state index contributed by atoms with van der Waals surface area (Å²) in [5.74, 6) is 0.759. The number of methoxy groups -OCH3 is 1. The zero-order valence-electron chi connectivity index (χ0n) is 17.3. The molecule has 160 valence electrons. The van der Waals surface area contributed by atoms with Gasteiger partial charge in [-0.25, -0.2) is 5.43 Å². The molecule has 7 heteroatoms. The van der Waals surface area contributed by atoms with E-state index in [0.29, 0.717) is 23.8 Å². The number of pyridine rings is 1. The number of benzene rings is 3. The summed E-state index contributed by atoms with van der Waals surface area (Å²) in [4.78, 5) is 16.0. The molecule has 1 heterocycles. The van der Waals surface area contributed by atoms with Crippen molar-refractivity contribution in [2.75, 3.05) is 7.11 Å². The maximum atomic E-state index is 12.1. The molecule has 0 saturated carbocycles. The molecule has 0 spiro atoms. The Hall–Kier alpha value is -3.71. The minimum absolute atomic E-state index is 0.292. The predicted molar refractivity (Wildman–Crippen MR) is 128 cm³/mol. The summed E-state index contributed by atoms with van der Waals surface area (Å²) in [6, 6.07) is 23.1. The highest BCUT2D eigenvalue weighted by Crippen LogP contribution is 2.37. The predicted octanol–water partition coefficient (Wildman–Crippen LogP) is 5.35. The summed E-state index contributed by atoms with van der Waals surface area (Å²) in [5.41, 5.74) is 4.57. The molecule has 3 aromatic carbocycles. The van der Waals surface area contributed by atoms with E-state index in [1.807, 2.05) is 30.3 Å². The number of carbonyl (C=O) groups excluding carboxylic acids is 1. The van der Waals surface area contributed by atoms with Crippen molar-refractivity contribution < 1.29 is 14.3 Å². The number of aromatic nitrogens is 1. The molecule has 0 radical (unpaired) electrons. The Morgan fingerprint density at radius 3 is 2.72 bits per heavy atom. The Morgan fingerprint density at radius 2 is 1.91 bits per heavy atom. The monoisotopic (exact) mass is 489 g/mol. The molecule has 1 amide bonds.